The monoisotopic (exact) mass is 277 g/mol. The van der Waals surface area contributed by atoms with Crippen molar-refractivity contribution in [1.82, 2.24) is 9.97 Å². The molecule has 0 spiro atoms. The number of carbonyl (C=O) groups is 1. The van der Waals surface area contributed by atoms with Gasteiger partial charge in [-0.1, -0.05) is 11.8 Å². The normalized spacial score (nSPS) is 10.1. The fourth-order valence-corrected chi connectivity index (χ4v) is 2.11. The third-order valence-electron chi connectivity index (χ3n) is 2.14. The summed E-state index contributed by atoms with van der Waals surface area (Å²) in [6, 6.07) is 4.36. The highest BCUT2D eigenvalue weighted by Crippen LogP contribution is 2.32. The summed E-state index contributed by atoms with van der Waals surface area (Å²) < 4.78 is 0. The summed E-state index contributed by atoms with van der Waals surface area (Å²) in [5, 5.41) is 19.9. The zero-order valence-corrected chi connectivity index (χ0v) is 10.2. The van der Waals surface area contributed by atoms with Gasteiger partial charge in [0.1, 0.15) is 0 Å². The smallest absolute Gasteiger partial charge is 0.337 e. The van der Waals surface area contributed by atoms with E-state index >= 15 is 0 Å². The number of pyridine rings is 2. The summed E-state index contributed by atoms with van der Waals surface area (Å²) >= 11 is 1.08. The Bertz CT molecular complexity index is 633. The second kappa shape index (κ2) is 5.44. The average Bonchev–Trinajstić information content (AvgIpc) is 2.39. The van der Waals surface area contributed by atoms with Gasteiger partial charge in [-0.3, -0.25) is 15.1 Å². The molecule has 0 aromatic carbocycles. The van der Waals surface area contributed by atoms with E-state index in [1.165, 1.54) is 0 Å². The van der Waals surface area contributed by atoms with E-state index in [1.807, 2.05) is 0 Å². The predicted octanol–water partition coefficient (Wildman–Crippen LogP) is 2.23. The van der Waals surface area contributed by atoms with Crippen molar-refractivity contribution < 1.29 is 14.8 Å². The Hall–Kier alpha value is -2.48. The number of nitro groups is 1. The lowest BCUT2D eigenvalue weighted by molar-refractivity contribution is -0.388. The maximum Gasteiger partial charge on any atom is 0.337 e. The van der Waals surface area contributed by atoms with Crippen LogP contribution in [0.5, 0.6) is 0 Å². The van der Waals surface area contributed by atoms with Gasteiger partial charge in [0.2, 0.25) is 0 Å². The number of hydrogen-bond donors (Lipinski definition) is 1. The number of carboxylic acid groups (broad SMARTS) is 1. The lowest BCUT2D eigenvalue weighted by Gasteiger charge is -2.02. The molecule has 0 unspecified atom stereocenters. The Morgan fingerprint density at radius 2 is 2.05 bits per heavy atom. The predicted molar refractivity (Wildman–Crippen MR) is 66.2 cm³/mol. The van der Waals surface area contributed by atoms with Crippen molar-refractivity contribution in [3.8, 4) is 0 Å². The first kappa shape index (κ1) is 13.0. The molecule has 1 N–H and O–H groups in total. The minimum absolute atomic E-state index is 0.140. The summed E-state index contributed by atoms with van der Waals surface area (Å²) in [7, 11) is 0. The van der Waals surface area contributed by atoms with Crippen molar-refractivity contribution in [3.05, 3.63) is 52.5 Å². The third kappa shape index (κ3) is 3.05. The molecule has 2 rings (SSSR count). The van der Waals surface area contributed by atoms with Gasteiger partial charge in [-0.15, -0.1) is 0 Å². The van der Waals surface area contributed by atoms with E-state index in [0.29, 0.717) is 0 Å². The van der Waals surface area contributed by atoms with Crippen molar-refractivity contribution in [2.45, 2.75) is 9.92 Å². The maximum absolute atomic E-state index is 10.9. The second-order valence-electron chi connectivity index (χ2n) is 3.40. The van der Waals surface area contributed by atoms with Crippen LogP contribution in [0.1, 0.15) is 10.4 Å². The molecule has 0 amide bonds. The molecule has 0 radical (unpaired) electrons. The van der Waals surface area contributed by atoms with Gasteiger partial charge in [0, 0.05) is 29.6 Å². The van der Waals surface area contributed by atoms with Gasteiger partial charge in [0.15, 0.2) is 5.03 Å². The molecule has 2 heterocycles. The molecule has 8 heteroatoms. The van der Waals surface area contributed by atoms with Crippen LogP contribution in [0, 0.1) is 10.1 Å². The molecule has 19 heavy (non-hydrogen) atoms. The van der Waals surface area contributed by atoms with Gasteiger partial charge in [-0.05, 0) is 12.1 Å². The molecule has 0 bridgehead atoms. The van der Waals surface area contributed by atoms with E-state index in [-0.39, 0.29) is 16.3 Å². The SMILES string of the molecule is O=C(O)c1cnc(Sc2ccncc2)c([N+](=O)[O-])c1. The van der Waals surface area contributed by atoms with Crippen LogP contribution in [0.3, 0.4) is 0 Å². The molecule has 0 aliphatic carbocycles. The number of aromatic nitrogens is 2. The lowest BCUT2D eigenvalue weighted by atomic mass is 10.3. The molecule has 2 aromatic heterocycles. The van der Waals surface area contributed by atoms with E-state index in [2.05, 4.69) is 9.97 Å². The highest BCUT2D eigenvalue weighted by Gasteiger charge is 2.19. The highest BCUT2D eigenvalue weighted by atomic mass is 32.2. The molecule has 0 aliphatic heterocycles. The molecule has 0 saturated carbocycles. The van der Waals surface area contributed by atoms with Gasteiger partial charge >= 0.3 is 11.7 Å². The summed E-state index contributed by atoms with van der Waals surface area (Å²) in [6.07, 6.45) is 4.21. The van der Waals surface area contributed by atoms with Crippen molar-refractivity contribution in [2.75, 3.05) is 0 Å². The first-order chi connectivity index (χ1) is 9.08. The fourth-order valence-electron chi connectivity index (χ4n) is 1.28. The molecule has 0 aliphatic rings. The van der Waals surface area contributed by atoms with Crippen molar-refractivity contribution in [1.29, 1.82) is 0 Å². The Morgan fingerprint density at radius 3 is 2.63 bits per heavy atom. The van der Waals surface area contributed by atoms with Gasteiger partial charge in [0.25, 0.3) is 0 Å². The summed E-state index contributed by atoms with van der Waals surface area (Å²) in [4.78, 5) is 29.5. The minimum atomic E-state index is -1.25. The Morgan fingerprint density at radius 1 is 1.37 bits per heavy atom. The molecule has 0 atom stereocenters. The standard InChI is InChI=1S/C11H7N3O4S/c15-11(16)7-5-9(14(17)18)10(13-6-7)19-8-1-3-12-4-2-8/h1-6H,(H,15,16). The molecule has 7 nitrogen and oxygen atoms in total. The quantitative estimate of drug-likeness (QED) is 0.674. The highest BCUT2D eigenvalue weighted by molar-refractivity contribution is 7.99. The molecule has 0 fully saturated rings. The van der Waals surface area contributed by atoms with Crippen molar-refractivity contribution >= 4 is 23.4 Å². The van der Waals surface area contributed by atoms with Gasteiger partial charge in [-0.2, -0.15) is 0 Å². The zero-order valence-electron chi connectivity index (χ0n) is 9.39. The van der Waals surface area contributed by atoms with Crippen LogP contribution in [0.15, 0.2) is 46.7 Å². The van der Waals surface area contributed by atoms with Crippen LogP contribution in [0.2, 0.25) is 0 Å². The number of aromatic carboxylic acids is 1. The van der Waals surface area contributed by atoms with Gasteiger partial charge in [-0.25, -0.2) is 9.78 Å². The molecular weight excluding hydrogens is 270 g/mol. The topological polar surface area (TPSA) is 106 Å². The number of hydrogen-bond acceptors (Lipinski definition) is 6. The molecule has 0 saturated heterocycles. The largest absolute Gasteiger partial charge is 0.478 e. The van der Waals surface area contributed by atoms with E-state index in [9.17, 15) is 14.9 Å². The second-order valence-corrected chi connectivity index (χ2v) is 4.46. The number of rotatable bonds is 4. The average molecular weight is 277 g/mol. The molecule has 2 aromatic rings. The molecule has 96 valence electrons. The van der Waals surface area contributed by atoms with Crippen molar-refractivity contribution in [2.24, 2.45) is 0 Å². The van der Waals surface area contributed by atoms with Crippen LogP contribution in [-0.2, 0) is 0 Å². The van der Waals surface area contributed by atoms with Gasteiger partial charge < -0.3 is 5.11 Å². The Labute approximate surface area is 111 Å². The Balaban J connectivity index is 2.40. The van der Waals surface area contributed by atoms with Crippen molar-refractivity contribution in [3.63, 3.8) is 0 Å². The summed E-state index contributed by atoms with van der Waals surface area (Å²) in [6.45, 7) is 0. The first-order valence-electron chi connectivity index (χ1n) is 5.03. The van der Waals surface area contributed by atoms with Crippen LogP contribution in [-0.4, -0.2) is 26.0 Å². The van der Waals surface area contributed by atoms with Gasteiger partial charge in [0.05, 0.1) is 10.5 Å². The van der Waals surface area contributed by atoms with Crippen LogP contribution in [0.25, 0.3) is 0 Å². The van der Waals surface area contributed by atoms with Crippen LogP contribution < -0.4 is 0 Å². The first-order valence-corrected chi connectivity index (χ1v) is 5.85. The summed E-state index contributed by atoms with van der Waals surface area (Å²) in [5.41, 5.74) is -0.549. The summed E-state index contributed by atoms with van der Waals surface area (Å²) in [5.74, 6) is -1.25. The Kier molecular flexibility index (Phi) is 3.71. The number of nitrogens with zero attached hydrogens (tertiary/aromatic N) is 3. The fraction of sp³-hybridized carbons (Fsp3) is 0. The van der Waals surface area contributed by atoms with Crippen LogP contribution >= 0.6 is 11.8 Å². The maximum atomic E-state index is 10.9. The molecular formula is C11H7N3O4S. The zero-order chi connectivity index (χ0) is 13.8. The van der Waals surface area contributed by atoms with E-state index < -0.39 is 10.9 Å². The van der Waals surface area contributed by atoms with Crippen LogP contribution in [0.4, 0.5) is 5.69 Å². The minimum Gasteiger partial charge on any atom is -0.478 e. The van der Waals surface area contributed by atoms with E-state index in [0.717, 1.165) is 28.9 Å². The van der Waals surface area contributed by atoms with E-state index in [4.69, 9.17) is 5.11 Å². The van der Waals surface area contributed by atoms with E-state index in [1.54, 1.807) is 24.5 Å². The number of carboxylic acids is 1. The third-order valence-corrected chi connectivity index (χ3v) is 3.16. The lowest BCUT2D eigenvalue weighted by Crippen LogP contribution is -2.01.